The fraction of sp³-hybridized carbons (Fsp3) is 0.227. The van der Waals surface area contributed by atoms with Crippen molar-refractivity contribution in [3.05, 3.63) is 157 Å². The van der Waals surface area contributed by atoms with Crippen molar-refractivity contribution in [2.75, 3.05) is 13.1 Å². The van der Waals surface area contributed by atoms with Crippen molar-refractivity contribution in [2.24, 2.45) is 0 Å². The van der Waals surface area contributed by atoms with E-state index in [-0.39, 0.29) is 40.2 Å². The molecular weight excluding hydrogens is 801 g/mol. The number of hydrogen-bond acceptors (Lipinski definition) is 5. The number of aromatic nitrogens is 2. The van der Waals surface area contributed by atoms with Crippen molar-refractivity contribution in [1.29, 1.82) is 0 Å². The third-order valence-corrected chi connectivity index (χ3v) is 12.4. The number of nitrogens with one attached hydrogen (secondary N) is 1. The van der Waals surface area contributed by atoms with Gasteiger partial charge in [0.1, 0.15) is 0 Å². The molecule has 1 aliphatic heterocycles. The van der Waals surface area contributed by atoms with Gasteiger partial charge in [0.15, 0.2) is 16.7 Å². The Hall–Kier alpha value is -5.00. The van der Waals surface area contributed by atoms with Crippen molar-refractivity contribution in [2.45, 2.75) is 58.0 Å². The van der Waals surface area contributed by atoms with Gasteiger partial charge in [0, 0.05) is 31.7 Å². The van der Waals surface area contributed by atoms with Gasteiger partial charge in [-0.2, -0.15) is 5.10 Å². The summed E-state index contributed by atoms with van der Waals surface area (Å²) in [4.78, 5) is 46.3. The van der Waals surface area contributed by atoms with E-state index in [0.29, 0.717) is 52.4 Å². The summed E-state index contributed by atoms with van der Waals surface area (Å²) in [6, 6.07) is 29.2. The number of fused-ring (bicyclic) bond motifs is 2. The van der Waals surface area contributed by atoms with E-state index >= 15 is 0 Å². The third kappa shape index (κ3) is 8.65. The number of halogens is 3. The molecule has 0 saturated heterocycles. The molecule has 0 fully saturated rings. The minimum Gasteiger partial charge on any atom is -0.334 e. The lowest BCUT2D eigenvalue weighted by molar-refractivity contribution is 0.0729. The number of rotatable bonds is 11. The Balaban J connectivity index is 1.23. The number of benzene rings is 5. The molecule has 0 bridgehead atoms. The van der Waals surface area contributed by atoms with Crippen LogP contribution in [0.25, 0.3) is 16.5 Å². The van der Waals surface area contributed by atoms with Gasteiger partial charge in [-0.05, 0) is 96.6 Å². The molecule has 5 aromatic carbocycles. The predicted molar refractivity (Wildman–Crippen MR) is 227 cm³/mol. The molecule has 1 aromatic heterocycles. The Kier molecular flexibility index (Phi) is 12.2. The van der Waals surface area contributed by atoms with Gasteiger partial charge in [-0.1, -0.05) is 108 Å². The average Bonchev–Trinajstić information content (AvgIpc) is 3.51. The molecule has 1 N–H and O–H groups in total. The van der Waals surface area contributed by atoms with Crippen LogP contribution in [0.1, 0.15) is 78.9 Å². The summed E-state index contributed by atoms with van der Waals surface area (Å²) in [7, 11) is -1.88. The summed E-state index contributed by atoms with van der Waals surface area (Å²) in [5.41, 5.74) is 5.17. The molecule has 0 aliphatic carbocycles. The molecule has 6 aromatic rings. The topological polar surface area (TPSA) is 105 Å². The molecule has 0 saturated carbocycles. The van der Waals surface area contributed by atoms with Crippen LogP contribution in [0.5, 0.6) is 0 Å². The van der Waals surface area contributed by atoms with E-state index in [0.717, 1.165) is 40.3 Å². The van der Waals surface area contributed by atoms with E-state index in [1.807, 2.05) is 62.4 Å². The fourth-order valence-corrected chi connectivity index (χ4v) is 8.35. The molecular formula is C44H40Cl3N5O4S. The Morgan fingerprint density at radius 3 is 2.40 bits per heavy atom. The van der Waals surface area contributed by atoms with Crippen LogP contribution >= 0.6 is 34.8 Å². The number of carbonyl (C=O) groups excluding carboxylic acids is 3. The van der Waals surface area contributed by atoms with Crippen LogP contribution in [0.15, 0.2) is 102 Å². The Morgan fingerprint density at radius 1 is 0.860 bits per heavy atom. The smallest absolute Gasteiger partial charge is 0.276 e. The lowest BCUT2D eigenvalue weighted by Gasteiger charge is -2.29. The van der Waals surface area contributed by atoms with E-state index in [9.17, 15) is 18.6 Å². The van der Waals surface area contributed by atoms with E-state index in [2.05, 4.69) is 10.8 Å². The second-order valence-electron chi connectivity index (χ2n) is 14.2. The SMILES string of the molecule is CCCCN(Cc1ccc(Cl)c(Cl)c1)C(=O)c1nn(-c2ccc(C(=O)NS(=O)c3ccc4ccc(C)cc4c3)cc2C(=O)N2CCc3ccccc3C2)c(C)c1Cl. The fourth-order valence-electron chi connectivity index (χ4n) is 7.00. The van der Waals surface area contributed by atoms with E-state index in [4.69, 9.17) is 39.9 Å². The highest BCUT2D eigenvalue weighted by Crippen LogP contribution is 2.30. The van der Waals surface area contributed by atoms with Crippen LogP contribution in [0, 0.1) is 13.8 Å². The number of carbonyl (C=O) groups is 3. The quantitative estimate of drug-likeness (QED) is 0.140. The highest BCUT2D eigenvalue weighted by Gasteiger charge is 2.30. The summed E-state index contributed by atoms with van der Waals surface area (Å²) in [6.45, 7) is 7.28. The molecule has 57 heavy (non-hydrogen) atoms. The maximum atomic E-state index is 14.6. The van der Waals surface area contributed by atoms with Gasteiger partial charge >= 0.3 is 0 Å². The summed E-state index contributed by atoms with van der Waals surface area (Å²) in [5, 5.41) is 7.57. The summed E-state index contributed by atoms with van der Waals surface area (Å²) >= 11 is 19.4. The van der Waals surface area contributed by atoms with Crippen molar-refractivity contribution in [3.63, 3.8) is 0 Å². The van der Waals surface area contributed by atoms with Crippen LogP contribution < -0.4 is 4.72 Å². The van der Waals surface area contributed by atoms with E-state index < -0.39 is 16.9 Å². The number of aryl methyl sites for hydroxylation is 1. The average molecular weight is 841 g/mol. The highest BCUT2D eigenvalue weighted by molar-refractivity contribution is 7.83. The first kappa shape index (κ1) is 40.2. The first-order valence-corrected chi connectivity index (χ1v) is 20.9. The first-order valence-electron chi connectivity index (χ1n) is 18.6. The third-order valence-electron chi connectivity index (χ3n) is 10.2. The molecule has 1 aliphatic rings. The normalized spacial score (nSPS) is 13.0. The number of amides is 3. The van der Waals surface area contributed by atoms with Crippen molar-refractivity contribution < 1.29 is 18.6 Å². The first-order chi connectivity index (χ1) is 27.4. The number of nitrogens with zero attached hydrogens (tertiary/aromatic N) is 4. The molecule has 2 heterocycles. The van der Waals surface area contributed by atoms with Gasteiger partial charge in [0.05, 0.1) is 36.9 Å². The molecule has 3 amide bonds. The molecule has 13 heteroatoms. The van der Waals surface area contributed by atoms with Crippen LogP contribution in [-0.4, -0.2) is 54.6 Å². The van der Waals surface area contributed by atoms with Crippen molar-refractivity contribution >= 4 is 74.3 Å². The molecule has 0 spiro atoms. The van der Waals surface area contributed by atoms with Gasteiger partial charge in [0.25, 0.3) is 17.7 Å². The van der Waals surface area contributed by atoms with Gasteiger partial charge in [-0.15, -0.1) is 0 Å². The Labute approximate surface area is 349 Å². The Bertz CT molecular complexity index is 2570. The lowest BCUT2D eigenvalue weighted by Crippen LogP contribution is -2.36. The zero-order valence-corrected chi connectivity index (χ0v) is 34.7. The molecule has 292 valence electrons. The molecule has 1 unspecified atom stereocenters. The maximum absolute atomic E-state index is 14.6. The highest BCUT2D eigenvalue weighted by atomic mass is 35.5. The molecule has 0 radical (unpaired) electrons. The lowest BCUT2D eigenvalue weighted by atomic mass is 9.98. The van der Waals surface area contributed by atoms with Crippen LogP contribution in [-0.2, 0) is 30.5 Å². The van der Waals surface area contributed by atoms with Gasteiger partial charge in [-0.25, -0.2) is 8.89 Å². The monoisotopic (exact) mass is 839 g/mol. The summed E-state index contributed by atoms with van der Waals surface area (Å²) < 4.78 is 17.6. The Morgan fingerprint density at radius 2 is 1.63 bits per heavy atom. The van der Waals surface area contributed by atoms with Gasteiger partial charge < -0.3 is 9.80 Å². The zero-order valence-electron chi connectivity index (χ0n) is 31.7. The van der Waals surface area contributed by atoms with Crippen LogP contribution in [0.2, 0.25) is 15.1 Å². The second-order valence-corrected chi connectivity index (χ2v) is 16.6. The van der Waals surface area contributed by atoms with Crippen LogP contribution in [0.3, 0.4) is 0 Å². The van der Waals surface area contributed by atoms with Crippen LogP contribution in [0.4, 0.5) is 0 Å². The standard InChI is InChI=1S/C44H40Cl3N5O4S/c1-4-5-19-50(25-29-11-16-37(45)38(46)22-29)44(55)41-40(47)28(3)52(48-41)39-17-14-32(24-36(39)43(54)51-20-18-30-8-6-7-9-33(30)26-51)42(53)49-57(56)35-15-13-31-12-10-27(2)21-34(31)23-35/h6-17,21-24H,4-5,18-20,25-26H2,1-3H3,(H,49,53). The van der Waals surface area contributed by atoms with E-state index in [1.54, 1.807) is 53.1 Å². The van der Waals surface area contributed by atoms with Crippen molar-refractivity contribution in [3.8, 4) is 5.69 Å². The summed E-state index contributed by atoms with van der Waals surface area (Å²) in [5.74, 6) is -1.34. The molecule has 1 atom stereocenters. The molecule has 7 rings (SSSR count). The largest absolute Gasteiger partial charge is 0.334 e. The zero-order chi connectivity index (χ0) is 40.4. The predicted octanol–water partition coefficient (Wildman–Crippen LogP) is 9.70. The number of hydrogen-bond donors (Lipinski definition) is 1. The maximum Gasteiger partial charge on any atom is 0.276 e. The van der Waals surface area contributed by atoms with E-state index in [1.165, 1.54) is 16.3 Å². The minimum atomic E-state index is -1.88. The summed E-state index contributed by atoms with van der Waals surface area (Å²) in [6.07, 6.45) is 2.27. The van der Waals surface area contributed by atoms with Crippen molar-refractivity contribution in [1.82, 2.24) is 24.3 Å². The van der Waals surface area contributed by atoms with Gasteiger partial charge in [-0.3, -0.25) is 19.1 Å². The number of unbranched alkanes of at least 4 members (excludes halogenated alkanes) is 1. The van der Waals surface area contributed by atoms with Gasteiger partial charge in [0.2, 0.25) is 0 Å². The second kappa shape index (κ2) is 17.2. The molecule has 9 nitrogen and oxygen atoms in total. The minimum absolute atomic E-state index is 0.0263.